The van der Waals surface area contributed by atoms with Crippen LogP contribution in [0.1, 0.15) is 11.1 Å². The van der Waals surface area contributed by atoms with Gasteiger partial charge in [-0.3, -0.25) is 0 Å². The molecular formula is C15H17FN2O. The van der Waals surface area contributed by atoms with Crippen molar-refractivity contribution in [2.45, 2.75) is 13.0 Å². The number of hydrogen-bond donors (Lipinski definition) is 1. The van der Waals surface area contributed by atoms with Crippen LogP contribution in [0.3, 0.4) is 0 Å². The molecule has 1 heterocycles. The lowest BCUT2D eigenvalue weighted by Crippen LogP contribution is -2.16. The Hall–Kier alpha value is -1.94. The molecule has 1 aromatic carbocycles. The minimum Gasteiger partial charge on any atom is -0.481 e. The van der Waals surface area contributed by atoms with Crippen LogP contribution in [-0.2, 0) is 13.0 Å². The predicted molar refractivity (Wildman–Crippen MR) is 72.6 cm³/mol. The summed E-state index contributed by atoms with van der Waals surface area (Å²) in [7, 11) is 1.60. The lowest BCUT2D eigenvalue weighted by Gasteiger charge is -2.05. The fraction of sp³-hybridized carbons (Fsp3) is 0.267. The third kappa shape index (κ3) is 4.34. The highest BCUT2D eigenvalue weighted by Gasteiger charge is 1.97. The molecule has 2 aromatic rings. The molecule has 0 aliphatic carbocycles. The van der Waals surface area contributed by atoms with E-state index in [-0.39, 0.29) is 5.82 Å². The average molecular weight is 260 g/mol. The number of rotatable bonds is 6. The average Bonchev–Trinajstić information content (AvgIpc) is 2.46. The fourth-order valence-corrected chi connectivity index (χ4v) is 1.75. The third-order valence-corrected chi connectivity index (χ3v) is 2.84. The lowest BCUT2D eigenvalue weighted by molar-refractivity contribution is 0.397. The lowest BCUT2D eigenvalue weighted by atomic mass is 10.1. The van der Waals surface area contributed by atoms with Gasteiger partial charge in [0.2, 0.25) is 5.88 Å². The number of benzene rings is 1. The number of methoxy groups -OCH3 is 1. The van der Waals surface area contributed by atoms with Crippen molar-refractivity contribution in [3.63, 3.8) is 0 Å². The van der Waals surface area contributed by atoms with Crippen LogP contribution in [0.5, 0.6) is 5.88 Å². The number of ether oxygens (including phenoxy) is 1. The molecule has 0 aliphatic rings. The van der Waals surface area contributed by atoms with Gasteiger partial charge in [-0.1, -0.05) is 18.2 Å². The highest BCUT2D eigenvalue weighted by molar-refractivity contribution is 5.18. The predicted octanol–water partition coefficient (Wildman–Crippen LogP) is 2.56. The van der Waals surface area contributed by atoms with Gasteiger partial charge in [0.1, 0.15) is 5.82 Å². The van der Waals surface area contributed by atoms with Crippen LogP contribution < -0.4 is 10.1 Å². The standard InChI is InChI=1S/C15H17FN2O/c1-19-15-7-4-13(11-18-15)10-17-9-8-12-2-5-14(16)6-3-12/h2-7,11,17H,8-10H2,1H3. The Kier molecular flexibility index (Phi) is 4.86. The van der Waals surface area contributed by atoms with Crippen LogP contribution >= 0.6 is 0 Å². The Morgan fingerprint density at radius 1 is 1.11 bits per heavy atom. The Balaban J connectivity index is 1.72. The maximum Gasteiger partial charge on any atom is 0.212 e. The largest absolute Gasteiger partial charge is 0.481 e. The minimum atomic E-state index is -0.194. The molecule has 0 radical (unpaired) electrons. The van der Waals surface area contributed by atoms with Crippen molar-refractivity contribution in [3.05, 3.63) is 59.5 Å². The number of halogens is 1. The summed E-state index contributed by atoms with van der Waals surface area (Å²) >= 11 is 0. The molecule has 1 aromatic heterocycles. The van der Waals surface area contributed by atoms with Gasteiger partial charge in [0.05, 0.1) is 7.11 Å². The van der Waals surface area contributed by atoms with Gasteiger partial charge >= 0.3 is 0 Å². The number of pyridine rings is 1. The Bertz CT molecular complexity index is 497. The molecule has 0 unspecified atom stereocenters. The first-order chi connectivity index (χ1) is 9.28. The van der Waals surface area contributed by atoms with Crippen LogP contribution in [0.4, 0.5) is 4.39 Å². The molecule has 100 valence electrons. The van der Waals surface area contributed by atoms with E-state index in [0.717, 1.165) is 30.6 Å². The summed E-state index contributed by atoms with van der Waals surface area (Å²) in [6.07, 6.45) is 2.67. The zero-order chi connectivity index (χ0) is 13.5. The van der Waals surface area contributed by atoms with Crippen LogP contribution in [-0.4, -0.2) is 18.6 Å². The van der Waals surface area contributed by atoms with Crippen molar-refractivity contribution in [1.29, 1.82) is 0 Å². The van der Waals surface area contributed by atoms with Crippen LogP contribution in [0, 0.1) is 5.82 Å². The highest BCUT2D eigenvalue weighted by atomic mass is 19.1. The van der Waals surface area contributed by atoms with Gasteiger partial charge in [0, 0.05) is 18.8 Å². The van der Waals surface area contributed by atoms with E-state index in [0.29, 0.717) is 5.88 Å². The molecule has 0 aliphatic heterocycles. The van der Waals surface area contributed by atoms with E-state index in [1.54, 1.807) is 13.3 Å². The van der Waals surface area contributed by atoms with Gasteiger partial charge in [-0.2, -0.15) is 0 Å². The first-order valence-electron chi connectivity index (χ1n) is 6.22. The number of nitrogens with zero attached hydrogens (tertiary/aromatic N) is 1. The molecule has 2 rings (SSSR count). The van der Waals surface area contributed by atoms with E-state index in [9.17, 15) is 4.39 Å². The summed E-state index contributed by atoms with van der Waals surface area (Å²) in [4.78, 5) is 4.14. The Morgan fingerprint density at radius 2 is 1.84 bits per heavy atom. The smallest absolute Gasteiger partial charge is 0.212 e. The third-order valence-electron chi connectivity index (χ3n) is 2.84. The Labute approximate surface area is 112 Å². The van der Waals surface area contributed by atoms with Crippen molar-refractivity contribution >= 4 is 0 Å². The fourth-order valence-electron chi connectivity index (χ4n) is 1.75. The first-order valence-corrected chi connectivity index (χ1v) is 6.22. The summed E-state index contributed by atoms with van der Waals surface area (Å²) in [6, 6.07) is 10.4. The second-order valence-corrected chi connectivity index (χ2v) is 4.26. The zero-order valence-corrected chi connectivity index (χ0v) is 10.9. The van der Waals surface area contributed by atoms with Gasteiger partial charge in [-0.25, -0.2) is 9.37 Å². The van der Waals surface area contributed by atoms with Gasteiger partial charge in [0.25, 0.3) is 0 Å². The molecule has 0 spiro atoms. The van der Waals surface area contributed by atoms with E-state index < -0.39 is 0 Å². The van der Waals surface area contributed by atoms with E-state index in [4.69, 9.17) is 4.74 Å². The maximum absolute atomic E-state index is 12.7. The first kappa shape index (κ1) is 13.5. The van der Waals surface area contributed by atoms with E-state index in [1.165, 1.54) is 12.1 Å². The number of nitrogens with one attached hydrogen (secondary N) is 1. The van der Waals surface area contributed by atoms with Crippen molar-refractivity contribution in [1.82, 2.24) is 10.3 Å². The number of hydrogen-bond acceptors (Lipinski definition) is 3. The molecule has 0 amide bonds. The number of aromatic nitrogens is 1. The van der Waals surface area contributed by atoms with Crippen molar-refractivity contribution in [2.75, 3.05) is 13.7 Å². The molecule has 0 atom stereocenters. The van der Waals surface area contributed by atoms with Gasteiger partial charge in [0.15, 0.2) is 0 Å². The zero-order valence-electron chi connectivity index (χ0n) is 10.9. The minimum absolute atomic E-state index is 0.194. The summed E-state index contributed by atoms with van der Waals surface area (Å²) in [6.45, 7) is 1.61. The van der Waals surface area contributed by atoms with Gasteiger partial charge in [-0.05, 0) is 36.2 Å². The van der Waals surface area contributed by atoms with Crippen LogP contribution in [0.15, 0.2) is 42.6 Å². The summed E-state index contributed by atoms with van der Waals surface area (Å²) in [5, 5.41) is 3.33. The van der Waals surface area contributed by atoms with Crippen molar-refractivity contribution in [3.8, 4) is 5.88 Å². The second-order valence-electron chi connectivity index (χ2n) is 4.26. The maximum atomic E-state index is 12.7. The molecule has 19 heavy (non-hydrogen) atoms. The van der Waals surface area contributed by atoms with Crippen LogP contribution in [0.25, 0.3) is 0 Å². The van der Waals surface area contributed by atoms with E-state index in [2.05, 4.69) is 10.3 Å². The van der Waals surface area contributed by atoms with Crippen molar-refractivity contribution in [2.24, 2.45) is 0 Å². The van der Waals surface area contributed by atoms with Gasteiger partial charge < -0.3 is 10.1 Å². The second kappa shape index (κ2) is 6.85. The van der Waals surface area contributed by atoms with E-state index >= 15 is 0 Å². The molecule has 3 nitrogen and oxygen atoms in total. The summed E-state index contributed by atoms with van der Waals surface area (Å²) < 4.78 is 17.7. The topological polar surface area (TPSA) is 34.1 Å². The highest BCUT2D eigenvalue weighted by Crippen LogP contribution is 2.06. The quantitative estimate of drug-likeness (QED) is 0.811. The Morgan fingerprint density at radius 3 is 2.47 bits per heavy atom. The van der Waals surface area contributed by atoms with E-state index in [1.807, 2.05) is 24.3 Å². The summed E-state index contributed by atoms with van der Waals surface area (Å²) in [5.41, 5.74) is 2.24. The molecule has 0 saturated carbocycles. The molecule has 1 N–H and O–H groups in total. The molecule has 0 saturated heterocycles. The molecule has 4 heteroatoms. The molecule has 0 bridgehead atoms. The molecule has 0 fully saturated rings. The summed E-state index contributed by atoms with van der Waals surface area (Å²) in [5.74, 6) is 0.427. The SMILES string of the molecule is COc1ccc(CNCCc2ccc(F)cc2)cn1. The molecular weight excluding hydrogens is 243 g/mol. The van der Waals surface area contributed by atoms with Crippen LogP contribution in [0.2, 0.25) is 0 Å². The van der Waals surface area contributed by atoms with Gasteiger partial charge in [-0.15, -0.1) is 0 Å². The normalized spacial score (nSPS) is 10.4. The monoisotopic (exact) mass is 260 g/mol. The van der Waals surface area contributed by atoms with Crippen molar-refractivity contribution < 1.29 is 9.13 Å².